The number of thiazole rings is 1. The number of hydrogen-bond donors (Lipinski definition) is 1. The smallest absolute Gasteiger partial charge is 0.253 e. The number of carbonyl (C=O) groups is 1. The lowest BCUT2D eigenvalue weighted by atomic mass is 9.97. The minimum absolute atomic E-state index is 0.0556. The molecule has 0 aliphatic heterocycles. The maximum absolute atomic E-state index is 13.2. The average molecular weight is 506 g/mol. The summed E-state index contributed by atoms with van der Waals surface area (Å²) >= 11 is 7.95. The normalized spacial score (nSPS) is 13.6. The van der Waals surface area contributed by atoms with Gasteiger partial charge in [0.2, 0.25) is 0 Å². The predicted molar refractivity (Wildman–Crippen MR) is 142 cm³/mol. The van der Waals surface area contributed by atoms with Crippen LogP contribution in [0, 0.1) is 6.92 Å². The van der Waals surface area contributed by atoms with Crippen LogP contribution in [-0.2, 0) is 6.54 Å². The molecule has 4 aromatic rings. The lowest BCUT2D eigenvalue weighted by Crippen LogP contribution is -2.25. The van der Waals surface area contributed by atoms with E-state index in [2.05, 4.69) is 16.0 Å². The molecule has 180 valence electrons. The van der Waals surface area contributed by atoms with Crippen LogP contribution in [0.15, 0.2) is 70.2 Å². The standard InChI is InChI=1S/C28H28ClN3O2S/c1-19-23(27(33)30-14-13-20-8-3-2-4-9-20)16-26(32(19)17-21-10-7-15-34-21)25-18-35-28(31-25)22-11-5-6-12-24(22)29/h5-8,10-12,15-16,18H,2-4,9,13-14,17H2,1H3,(H,30,33). The van der Waals surface area contributed by atoms with Crippen LogP contribution in [0.3, 0.4) is 0 Å². The minimum Gasteiger partial charge on any atom is -0.467 e. The first-order valence-electron chi connectivity index (χ1n) is 12.0. The molecule has 1 amide bonds. The van der Waals surface area contributed by atoms with E-state index in [1.54, 1.807) is 17.6 Å². The Morgan fingerprint density at radius 2 is 2.11 bits per heavy atom. The number of amides is 1. The molecular formula is C28H28ClN3O2S. The van der Waals surface area contributed by atoms with Crippen molar-refractivity contribution in [3.05, 3.63) is 87.8 Å². The van der Waals surface area contributed by atoms with E-state index in [0.717, 1.165) is 52.7 Å². The van der Waals surface area contributed by atoms with Crippen molar-refractivity contribution >= 4 is 28.8 Å². The zero-order valence-corrected chi connectivity index (χ0v) is 21.3. The second kappa shape index (κ2) is 10.7. The lowest BCUT2D eigenvalue weighted by Gasteiger charge is -2.13. The molecule has 1 aliphatic rings. The number of aromatic nitrogens is 2. The fourth-order valence-corrected chi connectivity index (χ4v) is 5.70. The van der Waals surface area contributed by atoms with Gasteiger partial charge in [0.15, 0.2) is 0 Å². The second-order valence-corrected chi connectivity index (χ2v) is 10.1. The molecule has 1 N–H and O–H groups in total. The van der Waals surface area contributed by atoms with Crippen LogP contribution in [-0.4, -0.2) is 22.0 Å². The summed E-state index contributed by atoms with van der Waals surface area (Å²) in [6.45, 7) is 3.15. The number of carbonyl (C=O) groups excluding carboxylic acids is 1. The molecule has 0 saturated heterocycles. The van der Waals surface area contributed by atoms with E-state index < -0.39 is 0 Å². The Balaban J connectivity index is 1.43. The van der Waals surface area contributed by atoms with Gasteiger partial charge in [0.05, 0.1) is 34.8 Å². The van der Waals surface area contributed by atoms with Crippen molar-refractivity contribution in [1.82, 2.24) is 14.9 Å². The quantitative estimate of drug-likeness (QED) is 0.252. The number of hydrogen-bond acceptors (Lipinski definition) is 4. The molecule has 0 bridgehead atoms. The molecule has 0 saturated carbocycles. The van der Waals surface area contributed by atoms with Crippen LogP contribution < -0.4 is 5.32 Å². The molecule has 1 aliphatic carbocycles. The number of halogens is 1. The molecule has 5 rings (SSSR count). The van der Waals surface area contributed by atoms with Gasteiger partial charge in [-0.05, 0) is 63.3 Å². The Bertz CT molecular complexity index is 1350. The molecule has 0 spiro atoms. The van der Waals surface area contributed by atoms with Crippen molar-refractivity contribution in [2.75, 3.05) is 6.54 Å². The highest BCUT2D eigenvalue weighted by Gasteiger charge is 2.21. The number of allylic oxidation sites excluding steroid dienone is 1. The van der Waals surface area contributed by atoms with Crippen LogP contribution in [0.5, 0.6) is 0 Å². The molecule has 0 fully saturated rings. The third-order valence-electron chi connectivity index (χ3n) is 6.49. The summed E-state index contributed by atoms with van der Waals surface area (Å²) in [7, 11) is 0. The van der Waals surface area contributed by atoms with E-state index in [-0.39, 0.29) is 5.91 Å². The first-order valence-corrected chi connectivity index (χ1v) is 13.3. The third kappa shape index (κ3) is 5.29. The zero-order chi connectivity index (χ0) is 24.2. The summed E-state index contributed by atoms with van der Waals surface area (Å²) in [6, 6.07) is 13.5. The number of nitrogens with zero attached hydrogens (tertiary/aromatic N) is 2. The number of benzene rings is 1. The van der Waals surface area contributed by atoms with Gasteiger partial charge in [-0.3, -0.25) is 4.79 Å². The zero-order valence-electron chi connectivity index (χ0n) is 19.7. The summed E-state index contributed by atoms with van der Waals surface area (Å²) < 4.78 is 7.71. The molecular weight excluding hydrogens is 478 g/mol. The first kappa shape index (κ1) is 23.6. The predicted octanol–water partition coefficient (Wildman–Crippen LogP) is 7.50. The Morgan fingerprint density at radius 3 is 2.89 bits per heavy atom. The summed E-state index contributed by atoms with van der Waals surface area (Å²) in [6.07, 6.45) is 9.74. The monoisotopic (exact) mass is 505 g/mol. The van der Waals surface area contributed by atoms with Crippen LogP contribution in [0.2, 0.25) is 5.02 Å². The molecule has 0 atom stereocenters. The van der Waals surface area contributed by atoms with Crippen LogP contribution in [0.25, 0.3) is 22.0 Å². The van der Waals surface area contributed by atoms with Gasteiger partial charge in [0.1, 0.15) is 10.8 Å². The van der Waals surface area contributed by atoms with E-state index in [4.69, 9.17) is 21.0 Å². The fourth-order valence-electron chi connectivity index (χ4n) is 4.56. The maximum Gasteiger partial charge on any atom is 0.253 e. The molecule has 5 nitrogen and oxygen atoms in total. The van der Waals surface area contributed by atoms with Gasteiger partial charge in [0, 0.05) is 23.2 Å². The molecule has 1 aromatic carbocycles. The van der Waals surface area contributed by atoms with E-state index >= 15 is 0 Å². The summed E-state index contributed by atoms with van der Waals surface area (Å²) in [5.74, 6) is 0.766. The molecule has 7 heteroatoms. The van der Waals surface area contributed by atoms with E-state index in [9.17, 15) is 4.79 Å². The van der Waals surface area contributed by atoms with Gasteiger partial charge < -0.3 is 14.3 Å². The second-order valence-electron chi connectivity index (χ2n) is 8.83. The fraction of sp³-hybridized carbons (Fsp3) is 0.286. The van der Waals surface area contributed by atoms with Crippen LogP contribution >= 0.6 is 22.9 Å². The van der Waals surface area contributed by atoms with Crippen molar-refractivity contribution in [2.45, 2.75) is 45.6 Å². The molecule has 0 unspecified atom stereocenters. The molecule has 3 heterocycles. The van der Waals surface area contributed by atoms with Gasteiger partial charge in [0.25, 0.3) is 5.91 Å². The van der Waals surface area contributed by atoms with Crippen molar-refractivity contribution in [1.29, 1.82) is 0 Å². The number of rotatable bonds is 8. The van der Waals surface area contributed by atoms with Crippen LogP contribution in [0.4, 0.5) is 0 Å². The third-order valence-corrected chi connectivity index (χ3v) is 7.70. The summed E-state index contributed by atoms with van der Waals surface area (Å²) in [5.41, 5.74) is 5.61. The van der Waals surface area contributed by atoms with Crippen molar-refractivity contribution < 1.29 is 9.21 Å². The lowest BCUT2D eigenvalue weighted by molar-refractivity contribution is 0.0953. The Kier molecular flexibility index (Phi) is 7.21. The topological polar surface area (TPSA) is 60.1 Å². The summed E-state index contributed by atoms with van der Waals surface area (Å²) in [5, 5.41) is 6.66. The minimum atomic E-state index is -0.0556. The Labute approximate surface area is 214 Å². The molecule has 35 heavy (non-hydrogen) atoms. The van der Waals surface area contributed by atoms with Gasteiger partial charge in [-0.2, -0.15) is 0 Å². The van der Waals surface area contributed by atoms with Crippen molar-refractivity contribution in [3.63, 3.8) is 0 Å². The number of furan rings is 1. The highest BCUT2D eigenvalue weighted by Crippen LogP contribution is 2.35. The van der Waals surface area contributed by atoms with Gasteiger partial charge in [-0.1, -0.05) is 41.4 Å². The average Bonchev–Trinajstić information content (AvgIpc) is 3.62. The maximum atomic E-state index is 13.2. The van der Waals surface area contributed by atoms with Crippen molar-refractivity contribution in [2.24, 2.45) is 0 Å². The molecule has 0 radical (unpaired) electrons. The highest BCUT2D eigenvalue weighted by atomic mass is 35.5. The van der Waals surface area contributed by atoms with Gasteiger partial charge >= 0.3 is 0 Å². The molecule has 3 aromatic heterocycles. The van der Waals surface area contributed by atoms with E-state index in [1.165, 1.54) is 18.4 Å². The first-order chi connectivity index (χ1) is 17.1. The Morgan fingerprint density at radius 1 is 1.23 bits per heavy atom. The SMILES string of the molecule is Cc1c(C(=O)NCCC2=CCCCC2)cc(-c2csc(-c3ccccc3Cl)n2)n1Cc1ccco1. The van der Waals surface area contributed by atoms with E-state index in [1.807, 2.05) is 54.8 Å². The highest BCUT2D eigenvalue weighted by molar-refractivity contribution is 7.13. The van der Waals surface area contributed by atoms with Crippen molar-refractivity contribution in [3.8, 4) is 22.0 Å². The van der Waals surface area contributed by atoms with Gasteiger partial charge in [-0.15, -0.1) is 11.3 Å². The van der Waals surface area contributed by atoms with E-state index in [0.29, 0.717) is 23.7 Å². The number of nitrogens with one attached hydrogen (secondary N) is 1. The largest absolute Gasteiger partial charge is 0.467 e. The van der Waals surface area contributed by atoms with Crippen LogP contribution in [0.1, 0.15) is 53.9 Å². The summed E-state index contributed by atoms with van der Waals surface area (Å²) in [4.78, 5) is 18.1. The Hall–Kier alpha value is -3.09. The van der Waals surface area contributed by atoms with Gasteiger partial charge in [-0.25, -0.2) is 4.98 Å².